The number of carboxylic acid groups (broad SMARTS) is 1. The van der Waals surface area contributed by atoms with Crippen molar-refractivity contribution in [1.82, 2.24) is 0 Å². The molecule has 210 valence electrons. The van der Waals surface area contributed by atoms with E-state index in [1.165, 1.54) is 0 Å². The Hall–Kier alpha value is -3.46. The summed E-state index contributed by atoms with van der Waals surface area (Å²) < 4.78 is 5.54. The van der Waals surface area contributed by atoms with E-state index in [2.05, 4.69) is 17.2 Å². The lowest BCUT2D eigenvalue weighted by Gasteiger charge is -2.29. The minimum absolute atomic E-state index is 0.0194. The number of ether oxygens (including phenoxy) is 1. The summed E-state index contributed by atoms with van der Waals surface area (Å²) in [6.45, 7) is 9.64. The van der Waals surface area contributed by atoms with Gasteiger partial charge in [-0.2, -0.15) is 0 Å². The number of Topliss-reactive ketones (excluding diaryl/α,β-unsaturated/α-hetero) is 1. The van der Waals surface area contributed by atoms with E-state index in [-0.39, 0.29) is 18.1 Å². The number of anilines is 1. The summed E-state index contributed by atoms with van der Waals surface area (Å²) in [5.74, 6) is 4.96. The number of methoxy groups -OCH3 is 1. The van der Waals surface area contributed by atoms with Crippen LogP contribution in [0.5, 0.6) is 5.75 Å². The first-order valence-corrected chi connectivity index (χ1v) is 13.8. The van der Waals surface area contributed by atoms with Crippen molar-refractivity contribution in [3.63, 3.8) is 0 Å². The predicted molar refractivity (Wildman–Crippen MR) is 163 cm³/mol. The molecule has 0 bridgehead atoms. The normalized spacial score (nSPS) is 12.7. The van der Waals surface area contributed by atoms with Crippen LogP contribution in [0, 0.1) is 23.2 Å². The summed E-state index contributed by atoms with van der Waals surface area (Å²) in [6.07, 6.45) is 0.277. The zero-order valence-corrected chi connectivity index (χ0v) is 25.2. The fourth-order valence-electron chi connectivity index (χ4n) is 4.28. The Balaban J connectivity index is 1.87. The molecule has 0 aliphatic carbocycles. The molecular weight excluding hydrogens is 545 g/mol. The lowest BCUT2D eigenvalue weighted by molar-refractivity contribution is -0.138. The highest BCUT2D eigenvalue weighted by Crippen LogP contribution is 2.33. The van der Waals surface area contributed by atoms with E-state index in [9.17, 15) is 14.7 Å². The molecule has 0 saturated carbocycles. The average molecular weight is 581 g/mol. The summed E-state index contributed by atoms with van der Waals surface area (Å²) in [6, 6.07) is 17.5. The van der Waals surface area contributed by atoms with Crippen LogP contribution in [-0.2, 0) is 16.0 Å². The Bertz CT molecular complexity index is 1410. The van der Waals surface area contributed by atoms with Gasteiger partial charge in [0, 0.05) is 11.0 Å². The minimum Gasteiger partial charge on any atom is -0.495 e. The van der Waals surface area contributed by atoms with E-state index in [0.717, 1.165) is 11.1 Å². The number of hydrogen-bond donors (Lipinski definition) is 2. The Morgan fingerprint density at radius 1 is 0.975 bits per heavy atom. The van der Waals surface area contributed by atoms with Crippen LogP contribution in [0.1, 0.15) is 62.8 Å². The molecule has 3 rings (SSSR count). The Morgan fingerprint density at radius 2 is 1.60 bits per heavy atom. The quantitative estimate of drug-likeness (QED) is 0.252. The Kier molecular flexibility index (Phi) is 10.3. The van der Waals surface area contributed by atoms with Gasteiger partial charge in [-0.1, -0.05) is 93.9 Å². The molecule has 0 aromatic heterocycles. The Labute approximate surface area is 246 Å². The molecule has 0 fully saturated rings. The molecule has 5 nitrogen and oxygen atoms in total. The number of benzene rings is 3. The highest BCUT2D eigenvalue weighted by molar-refractivity contribution is 6.36. The second-order valence-corrected chi connectivity index (χ2v) is 11.9. The molecule has 3 aromatic carbocycles. The third kappa shape index (κ3) is 7.81. The monoisotopic (exact) mass is 579 g/mol. The molecule has 0 aliphatic rings. The van der Waals surface area contributed by atoms with Gasteiger partial charge >= 0.3 is 5.97 Å². The van der Waals surface area contributed by atoms with Crippen molar-refractivity contribution in [3.05, 3.63) is 93.0 Å². The first-order valence-electron chi connectivity index (χ1n) is 13.1. The molecule has 0 aliphatic heterocycles. The third-order valence-electron chi connectivity index (χ3n) is 6.61. The van der Waals surface area contributed by atoms with E-state index in [1.807, 2.05) is 58.9 Å². The molecule has 2 unspecified atom stereocenters. The summed E-state index contributed by atoms with van der Waals surface area (Å²) in [5, 5.41) is 14.4. The first kappa shape index (κ1) is 31.1. The number of hydrogen-bond acceptors (Lipinski definition) is 4. The summed E-state index contributed by atoms with van der Waals surface area (Å²) in [5.41, 5.74) is 2.83. The number of rotatable bonds is 9. The molecule has 0 heterocycles. The molecule has 2 atom stereocenters. The predicted octanol–water partition coefficient (Wildman–Crippen LogP) is 7.86. The standard InChI is InChI=1S/C33H35Cl2NO4/c1-20(2)30(31(37)33(3,4)5)36-28-19-23(15-17-29(28)40-6)25(32(38)39)18-22-12-10-21(11-13-22)14-16-24-26(34)8-7-9-27(24)35/h7-13,15,17,19-20,25,30,36H,18H2,1-6H3,(H,38,39). The second kappa shape index (κ2) is 13.3. The van der Waals surface area contributed by atoms with Gasteiger partial charge in [0.15, 0.2) is 5.78 Å². The minimum atomic E-state index is -0.945. The van der Waals surface area contributed by atoms with Gasteiger partial charge in [-0.25, -0.2) is 0 Å². The fourth-order valence-corrected chi connectivity index (χ4v) is 4.78. The molecule has 0 radical (unpaired) electrons. The smallest absolute Gasteiger partial charge is 0.311 e. The van der Waals surface area contributed by atoms with Crippen molar-refractivity contribution in [2.24, 2.45) is 11.3 Å². The fraction of sp³-hybridized carbons (Fsp3) is 0.333. The maximum atomic E-state index is 13.1. The van der Waals surface area contributed by atoms with Crippen molar-refractivity contribution in [3.8, 4) is 17.6 Å². The molecular formula is C33H35Cl2NO4. The number of ketones is 1. The molecule has 7 heteroatoms. The third-order valence-corrected chi connectivity index (χ3v) is 7.24. The molecule has 40 heavy (non-hydrogen) atoms. The molecule has 0 spiro atoms. The van der Waals surface area contributed by atoms with Crippen LogP contribution in [0.25, 0.3) is 0 Å². The number of carboxylic acids is 1. The van der Waals surface area contributed by atoms with Crippen LogP contribution in [0.15, 0.2) is 60.7 Å². The number of halogens is 2. The molecule has 3 aromatic rings. The van der Waals surface area contributed by atoms with Gasteiger partial charge < -0.3 is 15.2 Å². The van der Waals surface area contributed by atoms with Crippen LogP contribution < -0.4 is 10.1 Å². The van der Waals surface area contributed by atoms with Gasteiger partial charge in [-0.05, 0) is 59.9 Å². The van der Waals surface area contributed by atoms with E-state index in [4.69, 9.17) is 27.9 Å². The van der Waals surface area contributed by atoms with E-state index >= 15 is 0 Å². The van der Waals surface area contributed by atoms with Gasteiger partial charge in [-0.3, -0.25) is 9.59 Å². The van der Waals surface area contributed by atoms with Crippen molar-refractivity contribution in [2.45, 2.75) is 53.0 Å². The number of carbonyl (C=O) groups excluding carboxylic acids is 1. The van der Waals surface area contributed by atoms with Gasteiger partial charge in [0.1, 0.15) is 5.75 Å². The molecule has 2 N–H and O–H groups in total. The first-order chi connectivity index (χ1) is 18.8. The zero-order chi connectivity index (χ0) is 29.6. The van der Waals surface area contributed by atoms with Crippen LogP contribution in [0.4, 0.5) is 5.69 Å². The Morgan fingerprint density at radius 3 is 2.12 bits per heavy atom. The largest absolute Gasteiger partial charge is 0.495 e. The van der Waals surface area contributed by atoms with Gasteiger partial charge in [0.05, 0.1) is 40.4 Å². The van der Waals surface area contributed by atoms with Gasteiger partial charge in [-0.15, -0.1) is 0 Å². The van der Waals surface area contributed by atoms with Crippen LogP contribution in [0.3, 0.4) is 0 Å². The van der Waals surface area contributed by atoms with Crippen molar-refractivity contribution >= 4 is 40.6 Å². The van der Waals surface area contributed by atoms with Crippen molar-refractivity contribution < 1.29 is 19.4 Å². The lowest BCUT2D eigenvalue weighted by Crippen LogP contribution is -2.41. The average Bonchev–Trinajstić information content (AvgIpc) is 2.89. The highest BCUT2D eigenvalue weighted by Gasteiger charge is 2.32. The highest BCUT2D eigenvalue weighted by atomic mass is 35.5. The van der Waals surface area contributed by atoms with Crippen molar-refractivity contribution in [2.75, 3.05) is 12.4 Å². The lowest BCUT2D eigenvalue weighted by atomic mass is 9.82. The van der Waals surface area contributed by atoms with Crippen LogP contribution in [0.2, 0.25) is 10.0 Å². The number of aliphatic carboxylic acids is 1. The SMILES string of the molecule is COc1ccc(C(Cc2ccc(C#Cc3c(Cl)cccc3Cl)cc2)C(=O)O)cc1NC(C(=O)C(C)(C)C)C(C)C. The van der Waals surface area contributed by atoms with Crippen LogP contribution in [-0.4, -0.2) is 30.0 Å². The second-order valence-electron chi connectivity index (χ2n) is 11.1. The van der Waals surface area contributed by atoms with Gasteiger partial charge in [0.25, 0.3) is 0 Å². The van der Waals surface area contributed by atoms with Gasteiger partial charge in [0.2, 0.25) is 0 Å². The zero-order valence-electron chi connectivity index (χ0n) is 23.6. The van der Waals surface area contributed by atoms with E-state index in [0.29, 0.717) is 32.6 Å². The van der Waals surface area contributed by atoms with E-state index < -0.39 is 23.3 Å². The maximum Gasteiger partial charge on any atom is 0.311 e. The summed E-state index contributed by atoms with van der Waals surface area (Å²) in [7, 11) is 1.55. The van der Waals surface area contributed by atoms with E-state index in [1.54, 1.807) is 43.5 Å². The maximum absolute atomic E-state index is 13.1. The summed E-state index contributed by atoms with van der Waals surface area (Å²) in [4.78, 5) is 25.5. The number of nitrogens with one attached hydrogen (secondary N) is 1. The summed E-state index contributed by atoms with van der Waals surface area (Å²) >= 11 is 12.4. The molecule has 0 saturated heterocycles. The van der Waals surface area contributed by atoms with Crippen LogP contribution >= 0.6 is 23.2 Å². The number of carbonyl (C=O) groups is 2. The van der Waals surface area contributed by atoms with Crippen molar-refractivity contribution in [1.29, 1.82) is 0 Å². The topological polar surface area (TPSA) is 75.6 Å². The molecule has 0 amide bonds.